The van der Waals surface area contributed by atoms with Crippen LogP contribution in [0.4, 0.5) is 10.9 Å². The van der Waals surface area contributed by atoms with Gasteiger partial charge in [0, 0.05) is 37.1 Å². The highest BCUT2D eigenvalue weighted by molar-refractivity contribution is 7.09. The van der Waals surface area contributed by atoms with Gasteiger partial charge in [-0.15, -0.1) is 5.10 Å². The minimum Gasteiger partial charge on any atom is -0.364 e. The standard InChI is InChI=1S/C15H19N7S/c1-3-12-18-15(23-20-12)21-7-6-11(9-21)17-13-4-5-14-16-10(2)8-22(14)19-13/h4-5,8,11H,3,6-7,9H2,1-2H3,(H,17,19). The molecule has 1 fully saturated rings. The summed E-state index contributed by atoms with van der Waals surface area (Å²) in [5.41, 5.74) is 1.85. The summed E-state index contributed by atoms with van der Waals surface area (Å²) < 4.78 is 6.19. The van der Waals surface area contributed by atoms with Gasteiger partial charge in [0.15, 0.2) is 5.65 Å². The van der Waals surface area contributed by atoms with Crippen molar-refractivity contribution in [1.82, 2.24) is 24.0 Å². The summed E-state index contributed by atoms with van der Waals surface area (Å²) in [5.74, 6) is 1.82. The zero-order valence-corrected chi connectivity index (χ0v) is 14.0. The Labute approximate surface area is 138 Å². The summed E-state index contributed by atoms with van der Waals surface area (Å²) in [5, 5.41) is 9.12. The fraction of sp³-hybridized carbons (Fsp3) is 0.467. The second-order valence-electron chi connectivity index (χ2n) is 5.83. The molecule has 0 aliphatic carbocycles. The van der Waals surface area contributed by atoms with E-state index in [-0.39, 0.29) is 0 Å². The number of nitrogens with one attached hydrogen (secondary N) is 1. The largest absolute Gasteiger partial charge is 0.364 e. The minimum atomic E-state index is 0.374. The van der Waals surface area contributed by atoms with Crippen molar-refractivity contribution < 1.29 is 0 Å². The number of aryl methyl sites for hydroxylation is 2. The highest BCUT2D eigenvalue weighted by Gasteiger charge is 2.25. The van der Waals surface area contributed by atoms with E-state index in [0.29, 0.717) is 6.04 Å². The van der Waals surface area contributed by atoms with Crippen molar-refractivity contribution in [2.45, 2.75) is 32.7 Å². The maximum Gasteiger partial charge on any atom is 0.205 e. The van der Waals surface area contributed by atoms with E-state index >= 15 is 0 Å². The summed E-state index contributed by atoms with van der Waals surface area (Å²) >= 11 is 1.49. The summed E-state index contributed by atoms with van der Waals surface area (Å²) in [7, 11) is 0. The first kappa shape index (κ1) is 14.4. The number of aromatic nitrogens is 5. The van der Waals surface area contributed by atoms with Crippen LogP contribution in [0.3, 0.4) is 0 Å². The van der Waals surface area contributed by atoms with Crippen molar-refractivity contribution in [1.29, 1.82) is 0 Å². The first-order valence-corrected chi connectivity index (χ1v) is 8.65. The van der Waals surface area contributed by atoms with Crippen LogP contribution in [0.15, 0.2) is 18.3 Å². The highest BCUT2D eigenvalue weighted by atomic mass is 32.1. The SMILES string of the molecule is CCc1nsc(N2CCC(Nc3ccc4nc(C)cn4n3)C2)n1. The molecule has 1 unspecified atom stereocenters. The van der Waals surface area contributed by atoms with Gasteiger partial charge in [-0.3, -0.25) is 0 Å². The fourth-order valence-electron chi connectivity index (χ4n) is 2.86. The van der Waals surface area contributed by atoms with Gasteiger partial charge in [-0.2, -0.15) is 4.37 Å². The molecular formula is C15H19N7S. The van der Waals surface area contributed by atoms with E-state index in [1.807, 2.05) is 29.8 Å². The average Bonchev–Trinajstić information content (AvgIpc) is 3.24. The van der Waals surface area contributed by atoms with E-state index in [1.165, 1.54) is 11.5 Å². The van der Waals surface area contributed by atoms with E-state index in [9.17, 15) is 0 Å². The zero-order chi connectivity index (χ0) is 15.8. The predicted octanol–water partition coefficient (Wildman–Crippen LogP) is 2.14. The molecule has 3 aromatic heterocycles. The van der Waals surface area contributed by atoms with E-state index < -0.39 is 0 Å². The van der Waals surface area contributed by atoms with Gasteiger partial charge >= 0.3 is 0 Å². The Morgan fingerprint density at radius 3 is 3.09 bits per heavy atom. The second-order valence-corrected chi connectivity index (χ2v) is 6.56. The molecule has 23 heavy (non-hydrogen) atoms. The second kappa shape index (κ2) is 5.77. The molecule has 0 saturated carbocycles. The number of rotatable bonds is 4. The quantitative estimate of drug-likeness (QED) is 0.791. The lowest BCUT2D eigenvalue weighted by molar-refractivity contribution is 0.788. The van der Waals surface area contributed by atoms with Gasteiger partial charge in [-0.05, 0) is 25.5 Å². The Kier molecular flexibility index (Phi) is 3.60. The molecule has 1 aliphatic rings. The predicted molar refractivity (Wildman–Crippen MR) is 91.3 cm³/mol. The Hall–Kier alpha value is -2.22. The van der Waals surface area contributed by atoms with Gasteiger partial charge in [0.2, 0.25) is 5.13 Å². The molecule has 4 heterocycles. The molecule has 0 spiro atoms. The summed E-state index contributed by atoms with van der Waals surface area (Å²) in [4.78, 5) is 11.3. The van der Waals surface area contributed by atoms with Crippen LogP contribution in [0.25, 0.3) is 5.65 Å². The highest BCUT2D eigenvalue weighted by Crippen LogP contribution is 2.24. The van der Waals surface area contributed by atoms with E-state index in [4.69, 9.17) is 0 Å². The molecule has 4 rings (SSSR count). The van der Waals surface area contributed by atoms with Crippen molar-refractivity contribution in [2.75, 3.05) is 23.3 Å². The first-order valence-electron chi connectivity index (χ1n) is 7.88. The third-order valence-electron chi connectivity index (χ3n) is 4.02. The Morgan fingerprint density at radius 1 is 1.35 bits per heavy atom. The molecule has 1 N–H and O–H groups in total. The molecule has 0 radical (unpaired) electrons. The van der Waals surface area contributed by atoms with Crippen molar-refractivity contribution in [3.05, 3.63) is 29.8 Å². The lowest BCUT2D eigenvalue weighted by Crippen LogP contribution is -2.26. The van der Waals surface area contributed by atoms with Crippen LogP contribution in [0.2, 0.25) is 0 Å². The molecule has 1 aliphatic heterocycles. The molecule has 0 amide bonds. The molecule has 7 nitrogen and oxygen atoms in total. The minimum absolute atomic E-state index is 0.374. The summed E-state index contributed by atoms with van der Waals surface area (Å²) in [6, 6.07) is 4.36. The van der Waals surface area contributed by atoms with Crippen LogP contribution in [0, 0.1) is 6.92 Å². The van der Waals surface area contributed by atoms with Gasteiger partial charge in [-0.1, -0.05) is 6.92 Å². The number of nitrogens with zero attached hydrogens (tertiary/aromatic N) is 6. The van der Waals surface area contributed by atoms with E-state index in [1.54, 1.807) is 0 Å². The number of hydrogen-bond donors (Lipinski definition) is 1. The number of anilines is 2. The molecule has 1 atom stereocenters. The first-order chi connectivity index (χ1) is 11.2. The number of hydrogen-bond acceptors (Lipinski definition) is 7. The lowest BCUT2D eigenvalue weighted by atomic mass is 10.2. The Balaban J connectivity index is 1.44. The fourth-order valence-corrected chi connectivity index (χ4v) is 3.64. The van der Waals surface area contributed by atoms with Crippen LogP contribution in [0.5, 0.6) is 0 Å². The maximum atomic E-state index is 4.57. The average molecular weight is 329 g/mol. The van der Waals surface area contributed by atoms with Crippen LogP contribution >= 0.6 is 11.5 Å². The summed E-state index contributed by atoms with van der Waals surface area (Å²) in [6.45, 7) is 5.99. The molecule has 120 valence electrons. The third kappa shape index (κ3) is 2.86. The normalized spacial score (nSPS) is 18.0. The third-order valence-corrected chi connectivity index (χ3v) is 4.84. The Morgan fingerprint density at radius 2 is 2.26 bits per heavy atom. The smallest absolute Gasteiger partial charge is 0.205 e. The van der Waals surface area contributed by atoms with Crippen LogP contribution in [0.1, 0.15) is 24.9 Å². The van der Waals surface area contributed by atoms with Crippen molar-refractivity contribution in [3.8, 4) is 0 Å². The lowest BCUT2D eigenvalue weighted by Gasteiger charge is -2.15. The maximum absolute atomic E-state index is 4.57. The van der Waals surface area contributed by atoms with Crippen molar-refractivity contribution in [3.63, 3.8) is 0 Å². The van der Waals surface area contributed by atoms with Gasteiger partial charge in [0.05, 0.1) is 11.9 Å². The molecule has 0 aromatic carbocycles. The number of fused-ring (bicyclic) bond motifs is 1. The van der Waals surface area contributed by atoms with Crippen LogP contribution in [-0.4, -0.2) is 43.1 Å². The van der Waals surface area contributed by atoms with E-state index in [2.05, 4.69) is 36.6 Å². The van der Waals surface area contributed by atoms with Gasteiger partial charge in [0.1, 0.15) is 11.6 Å². The molecule has 3 aromatic rings. The molecule has 8 heteroatoms. The Bertz CT molecular complexity index is 824. The monoisotopic (exact) mass is 329 g/mol. The summed E-state index contributed by atoms with van der Waals surface area (Å²) in [6.07, 6.45) is 3.90. The van der Waals surface area contributed by atoms with E-state index in [0.717, 1.165) is 54.0 Å². The van der Waals surface area contributed by atoms with Gasteiger partial charge in [-0.25, -0.2) is 14.5 Å². The van der Waals surface area contributed by atoms with Crippen molar-refractivity contribution >= 4 is 28.1 Å². The molecular weight excluding hydrogens is 310 g/mol. The van der Waals surface area contributed by atoms with Crippen LogP contribution < -0.4 is 10.2 Å². The molecule has 1 saturated heterocycles. The van der Waals surface area contributed by atoms with Crippen LogP contribution in [-0.2, 0) is 6.42 Å². The van der Waals surface area contributed by atoms with Crippen molar-refractivity contribution in [2.24, 2.45) is 0 Å². The topological polar surface area (TPSA) is 71.2 Å². The number of imidazole rings is 1. The van der Waals surface area contributed by atoms with Gasteiger partial charge < -0.3 is 10.2 Å². The van der Waals surface area contributed by atoms with Gasteiger partial charge in [0.25, 0.3) is 0 Å². The zero-order valence-electron chi connectivity index (χ0n) is 13.2. The molecule has 0 bridgehead atoms.